The van der Waals surface area contributed by atoms with Gasteiger partial charge in [-0.2, -0.15) is 13.9 Å². The first-order valence-electron chi connectivity index (χ1n) is 4.73. The number of hydrogen-bond acceptors (Lipinski definition) is 5. The third-order valence-corrected chi connectivity index (χ3v) is 1.82. The number of aliphatic hydroxyl groups excluding tert-OH is 1. The molecule has 1 rings (SSSR count). The number of nitrogens with zero attached hydrogens (tertiary/aromatic N) is 2. The summed E-state index contributed by atoms with van der Waals surface area (Å²) in [5.41, 5.74) is 0.234. The second-order valence-corrected chi connectivity index (χ2v) is 3.03. The molecule has 0 radical (unpaired) electrons. The van der Waals surface area contributed by atoms with E-state index in [-0.39, 0.29) is 11.4 Å². The number of nitrogens with two attached hydrogens (primary N) is 1. The lowest BCUT2D eigenvalue weighted by Gasteiger charge is -2.05. The molecule has 0 unspecified atom stereocenters. The van der Waals surface area contributed by atoms with Crippen molar-refractivity contribution < 1.29 is 23.0 Å². The van der Waals surface area contributed by atoms with Gasteiger partial charge in [-0.3, -0.25) is 4.99 Å². The monoisotopic (exact) mass is 261 g/mol. The van der Waals surface area contributed by atoms with Crippen LogP contribution in [0.1, 0.15) is 0 Å². The Hall–Kier alpha value is -2.09. The Kier molecular flexibility index (Phi) is 5.12. The summed E-state index contributed by atoms with van der Waals surface area (Å²) < 4.78 is 40.9. The Bertz CT molecular complexity index is 464. The number of aliphatic hydroxyl groups is 1. The molecule has 18 heavy (non-hydrogen) atoms. The van der Waals surface area contributed by atoms with E-state index < -0.39 is 24.8 Å². The van der Waals surface area contributed by atoms with Gasteiger partial charge in [0.05, 0.1) is 18.5 Å². The maximum atomic E-state index is 13.1. The van der Waals surface area contributed by atoms with Crippen LogP contribution < -0.4 is 10.6 Å². The summed E-state index contributed by atoms with van der Waals surface area (Å²) in [6.07, 6.45) is 1.12. The van der Waals surface area contributed by atoms with E-state index in [2.05, 4.69) is 14.8 Å². The van der Waals surface area contributed by atoms with Gasteiger partial charge in [-0.25, -0.2) is 4.39 Å². The number of halogens is 3. The van der Waals surface area contributed by atoms with Crippen LogP contribution in [0.15, 0.2) is 28.3 Å². The maximum Gasteiger partial charge on any atom is 0.387 e. The number of alkyl halides is 2. The Balaban J connectivity index is 2.91. The van der Waals surface area contributed by atoms with Gasteiger partial charge in [-0.05, 0) is 12.1 Å². The highest BCUT2D eigenvalue weighted by Gasteiger charge is 2.10. The van der Waals surface area contributed by atoms with Crippen LogP contribution in [0.5, 0.6) is 5.75 Å². The molecule has 0 atom stereocenters. The molecule has 8 heteroatoms. The topological polar surface area (TPSA) is 80.2 Å². The molecule has 0 amide bonds. The Morgan fingerprint density at radius 2 is 2.22 bits per heavy atom. The predicted octanol–water partition coefficient (Wildman–Crippen LogP) is 1.44. The smallest absolute Gasteiger partial charge is 0.387 e. The summed E-state index contributed by atoms with van der Waals surface area (Å²) in [5.74, 6) is 3.38. The predicted molar refractivity (Wildman–Crippen MR) is 59.9 cm³/mol. The molecule has 0 bridgehead atoms. The highest BCUT2D eigenvalue weighted by Crippen LogP contribution is 2.25. The molecule has 0 aliphatic heterocycles. The number of hydrogen-bond donors (Lipinski definition) is 2. The van der Waals surface area contributed by atoms with Gasteiger partial charge < -0.3 is 15.7 Å². The molecular weight excluding hydrogens is 251 g/mol. The van der Waals surface area contributed by atoms with Crippen LogP contribution in [0.3, 0.4) is 0 Å². The van der Waals surface area contributed by atoms with Crippen LogP contribution in [0.4, 0.5) is 18.9 Å². The summed E-state index contributed by atoms with van der Waals surface area (Å²) in [4.78, 5) is 3.77. The molecule has 1 aromatic carbocycles. The van der Waals surface area contributed by atoms with Gasteiger partial charge in [0, 0.05) is 6.07 Å². The molecule has 0 fully saturated rings. The summed E-state index contributed by atoms with van der Waals surface area (Å²) in [6, 6.07) is 3.17. The molecule has 0 aliphatic carbocycles. The van der Waals surface area contributed by atoms with Crippen LogP contribution in [0.25, 0.3) is 0 Å². The first-order valence-corrected chi connectivity index (χ1v) is 4.73. The fourth-order valence-electron chi connectivity index (χ4n) is 1.02. The molecule has 1 aromatic rings. The van der Waals surface area contributed by atoms with Gasteiger partial charge in [-0.1, -0.05) is 0 Å². The van der Waals surface area contributed by atoms with E-state index in [1.807, 2.05) is 0 Å². The SMILES string of the molecule is NN=C(C=Nc1ccc(F)c(OC(F)F)c1)CO. The zero-order chi connectivity index (χ0) is 13.5. The van der Waals surface area contributed by atoms with Crippen molar-refractivity contribution in [3.63, 3.8) is 0 Å². The van der Waals surface area contributed by atoms with Crippen LogP contribution in [0, 0.1) is 5.82 Å². The van der Waals surface area contributed by atoms with E-state index in [0.29, 0.717) is 0 Å². The Morgan fingerprint density at radius 1 is 1.50 bits per heavy atom. The van der Waals surface area contributed by atoms with Crippen LogP contribution in [-0.4, -0.2) is 30.3 Å². The molecule has 0 spiro atoms. The third-order valence-electron chi connectivity index (χ3n) is 1.82. The van der Waals surface area contributed by atoms with Gasteiger partial charge in [0.2, 0.25) is 0 Å². The van der Waals surface area contributed by atoms with E-state index >= 15 is 0 Å². The lowest BCUT2D eigenvalue weighted by Crippen LogP contribution is -2.08. The van der Waals surface area contributed by atoms with Crippen molar-refractivity contribution in [2.45, 2.75) is 6.61 Å². The minimum absolute atomic E-state index is 0.0793. The van der Waals surface area contributed by atoms with Gasteiger partial charge in [0.1, 0.15) is 5.71 Å². The fraction of sp³-hybridized carbons (Fsp3) is 0.200. The van der Waals surface area contributed by atoms with Gasteiger partial charge in [0.15, 0.2) is 11.6 Å². The molecule has 3 N–H and O–H groups in total. The minimum atomic E-state index is -3.13. The Labute approximate surface area is 100 Å². The van der Waals surface area contributed by atoms with Crippen molar-refractivity contribution in [2.24, 2.45) is 15.9 Å². The highest BCUT2D eigenvalue weighted by molar-refractivity contribution is 6.31. The zero-order valence-corrected chi connectivity index (χ0v) is 9.05. The van der Waals surface area contributed by atoms with Crippen molar-refractivity contribution in [2.75, 3.05) is 6.61 Å². The summed E-state index contributed by atoms with van der Waals surface area (Å²) >= 11 is 0. The van der Waals surface area contributed by atoms with E-state index in [9.17, 15) is 13.2 Å². The molecular formula is C10H10F3N3O2. The fourth-order valence-corrected chi connectivity index (χ4v) is 1.02. The largest absolute Gasteiger partial charge is 0.432 e. The van der Waals surface area contributed by atoms with Gasteiger partial charge >= 0.3 is 6.61 Å². The highest BCUT2D eigenvalue weighted by atomic mass is 19.3. The molecule has 0 saturated carbocycles. The average Bonchev–Trinajstić information content (AvgIpc) is 2.33. The molecule has 98 valence electrons. The van der Waals surface area contributed by atoms with Crippen LogP contribution in [-0.2, 0) is 0 Å². The summed E-state index contributed by atoms with van der Waals surface area (Å²) in [6.45, 7) is -3.56. The van der Waals surface area contributed by atoms with Crippen molar-refractivity contribution >= 4 is 17.6 Å². The number of benzene rings is 1. The zero-order valence-electron chi connectivity index (χ0n) is 9.05. The minimum Gasteiger partial charge on any atom is -0.432 e. The van der Waals surface area contributed by atoms with Crippen LogP contribution >= 0.6 is 0 Å². The normalized spacial score (nSPS) is 12.4. The summed E-state index contributed by atoms with van der Waals surface area (Å²) in [7, 11) is 0. The van der Waals surface area contributed by atoms with E-state index in [1.165, 1.54) is 6.07 Å². The first kappa shape index (κ1) is 14.0. The summed E-state index contributed by atoms with van der Waals surface area (Å²) in [5, 5.41) is 11.9. The van der Waals surface area contributed by atoms with Crippen molar-refractivity contribution in [3.8, 4) is 5.75 Å². The number of ether oxygens (including phenoxy) is 1. The lowest BCUT2D eigenvalue weighted by molar-refractivity contribution is -0.0521. The number of aliphatic imine (C=N–C) groups is 1. The first-order chi connectivity index (χ1) is 8.56. The van der Waals surface area contributed by atoms with Crippen molar-refractivity contribution in [3.05, 3.63) is 24.0 Å². The molecule has 0 aromatic heterocycles. The second-order valence-electron chi connectivity index (χ2n) is 3.03. The molecule has 0 aliphatic rings. The second kappa shape index (κ2) is 6.60. The van der Waals surface area contributed by atoms with Gasteiger partial charge in [0.25, 0.3) is 0 Å². The molecule has 0 heterocycles. The molecule has 0 saturated heterocycles. The molecule has 5 nitrogen and oxygen atoms in total. The third kappa shape index (κ3) is 4.06. The van der Waals surface area contributed by atoms with E-state index in [0.717, 1.165) is 18.3 Å². The standard InChI is InChI=1S/C10H10F3N3O2/c11-8-2-1-6(3-9(8)18-10(12)13)15-4-7(5-17)16-14/h1-4,10,17H,5,14H2. The van der Waals surface area contributed by atoms with Crippen LogP contribution in [0.2, 0.25) is 0 Å². The van der Waals surface area contributed by atoms with E-state index in [4.69, 9.17) is 10.9 Å². The average molecular weight is 261 g/mol. The van der Waals surface area contributed by atoms with Crippen molar-refractivity contribution in [1.82, 2.24) is 0 Å². The number of rotatable bonds is 5. The quantitative estimate of drug-likeness (QED) is 0.478. The van der Waals surface area contributed by atoms with Crippen molar-refractivity contribution in [1.29, 1.82) is 0 Å². The van der Waals surface area contributed by atoms with Gasteiger partial charge in [-0.15, -0.1) is 0 Å². The number of hydrazone groups is 1. The maximum absolute atomic E-state index is 13.1. The Morgan fingerprint density at radius 3 is 2.78 bits per heavy atom. The lowest BCUT2D eigenvalue weighted by atomic mass is 10.3. The van der Waals surface area contributed by atoms with E-state index in [1.54, 1.807) is 0 Å².